The number of benzene rings is 1. The van der Waals surface area contributed by atoms with Crippen molar-refractivity contribution >= 4 is 29.9 Å². The minimum absolute atomic E-state index is 0.118. The molecule has 2 aliphatic heterocycles. The summed E-state index contributed by atoms with van der Waals surface area (Å²) in [5, 5.41) is 10.5. The molecular weight excluding hydrogens is 546 g/mol. The normalized spacial score (nSPS) is 22.0. The van der Waals surface area contributed by atoms with Gasteiger partial charge in [0.05, 0.1) is 12.1 Å². The fourth-order valence-corrected chi connectivity index (χ4v) is 5.41. The number of hydrogen-bond acceptors (Lipinski definition) is 10. The van der Waals surface area contributed by atoms with Gasteiger partial charge in [0.2, 0.25) is 5.91 Å². The Labute approximate surface area is 246 Å². The van der Waals surface area contributed by atoms with Gasteiger partial charge in [-0.25, -0.2) is 4.79 Å². The third-order valence-corrected chi connectivity index (χ3v) is 8.07. The molecular formula is C30H43N3O9. The molecule has 0 aromatic heterocycles. The van der Waals surface area contributed by atoms with E-state index in [-0.39, 0.29) is 42.7 Å². The van der Waals surface area contributed by atoms with Crippen molar-refractivity contribution in [2.45, 2.75) is 78.2 Å². The molecule has 1 aliphatic carbocycles. The number of carbonyl (C=O) groups excluding carboxylic acids is 5. The Morgan fingerprint density at radius 2 is 1.62 bits per heavy atom. The molecule has 0 unspecified atom stereocenters. The lowest BCUT2D eigenvalue weighted by Crippen LogP contribution is -2.61. The van der Waals surface area contributed by atoms with E-state index >= 15 is 0 Å². The number of β-amino-alcohol motifs (C(OH)–C–C–N with tert-alkyl or cyclic N) is 1. The Kier molecular flexibility index (Phi) is 11.9. The van der Waals surface area contributed by atoms with Gasteiger partial charge in [-0.3, -0.25) is 24.1 Å². The number of amides is 2. The minimum atomic E-state index is -0.668. The highest BCUT2D eigenvalue weighted by Gasteiger charge is 2.51. The van der Waals surface area contributed by atoms with Crippen LogP contribution in [0.15, 0.2) is 30.3 Å². The summed E-state index contributed by atoms with van der Waals surface area (Å²) >= 11 is 0. The second kappa shape index (κ2) is 15.1. The predicted molar refractivity (Wildman–Crippen MR) is 151 cm³/mol. The van der Waals surface area contributed by atoms with E-state index in [2.05, 4.69) is 9.64 Å². The third-order valence-electron chi connectivity index (χ3n) is 8.07. The highest BCUT2D eigenvalue weighted by atomic mass is 16.6. The van der Waals surface area contributed by atoms with Crippen LogP contribution in [-0.4, -0.2) is 107 Å². The fourth-order valence-electron chi connectivity index (χ4n) is 5.41. The number of piperazine rings is 1. The number of piperidine rings is 1. The van der Waals surface area contributed by atoms with E-state index in [1.165, 1.54) is 25.7 Å². The third kappa shape index (κ3) is 9.52. The van der Waals surface area contributed by atoms with Crippen LogP contribution in [0.3, 0.4) is 0 Å². The standard InChI is InChI=1S/C26H37N3O6.C4H6O3/c1-19-24(32)29(15-14-28(19)25(33)35-17-21-6-4-3-5-7-21)22(18-34-20(2)30)8-12-27-13-11-26(9-10-26)23(31)16-27;1-3(5)7-4(2)6/h3-7,19,22-23,31H,8-18H2,1-2H3;1-2H3/t19-,22-,23+;/m0./s1. The van der Waals surface area contributed by atoms with Crippen molar-refractivity contribution in [3.63, 3.8) is 0 Å². The highest BCUT2D eigenvalue weighted by molar-refractivity contribution is 5.87. The van der Waals surface area contributed by atoms with Crippen molar-refractivity contribution in [2.75, 3.05) is 39.3 Å². The Hall–Kier alpha value is -3.51. The number of nitrogens with zero attached hydrogens (tertiary/aromatic N) is 3. The zero-order chi connectivity index (χ0) is 30.9. The quantitative estimate of drug-likeness (QED) is 0.272. The summed E-state index contributed by atoms with van der Waals surface area (Å²) in [5.74, 6) is -1.69. The van der Waals surface area contributed by atoms with Crippen molar-refractivity contribution in [1.82, 2.24) is 14.7 Å². The summed E-state index contributed by atoms with van der Waals surface area (Å²) in [5.41, 5.74) is 1.03. The first kappa shape index (κ1) is 33.0. The van der Waals surface area contributed by atoms with Gasteiger partial charge in [-0.1, -0.05) is 30.3 Å². The molecule has 1 N–H and O–H groups in total. The van der Waals surface area contributed by atoms with E-state index in [9.17, 15) is 29.1 Å². The molecule has 3 fully saturated rings. The maximum Gasteiger partial charge on any atom is 0.410 e. The van der Waals surface area contributed by atoms with Crippen LogP contribution < -0.4 is 0 Å². The molecule has 1 aromatic rings. The maximum absolute atomic E-state index is 13.3. The molecule has 42 heavy (non-hydrogen) atoms. The van der Waals surface area contributed by atoms with Gasteiger partial charge in [-0.2, -0.15) is 0 Å². The average Bonchev–Trinajstić information content (AvgIpc) is 3.72. The van der Waals surface area contributed by atoms with Crippen molar-refractivity contribution in [3.05, 3.63) is 35.9 Å². The van der Waals surface area contributed by atoms with Crippen LogP contribution in [-0.2, 0) is 40.0 Å². The van der Waals surface area contributed by atoms with Gasteiger partial charge >= 0.3 is 24.0 Å². The Morgan fingerprint density at radius 1 is 0.952 bits per heavy atom. The van der Waals surface area contributed by atoms with Crippen LogP contribution in [0.25, 0.3) is 0 Å². The molecule has 232 valence electrons. The van der Waals surface area contributed by atoms with Crippen LogP contribution in [0, 0.1) is 5.41 Å². The number of hydrogen-bond donors (Lipinski definition) is 1. The molecule has 2 amide bonds. The summed E-state index contributed by atoms with van der Waals surface area (Å²) in [6, 6.07) is 8.46. The first-order valence-corrected chi connectivity index (χ1v) is 14.4. The lowest BCUT2D eigenvalue weighted by molar-refractivity contribution is -0.156. The van der Waals surface area contributed by atoms with E-state index in [0.29, 0.717) is 32.6 Å². The predicted octanol–water partition coefficient (Wildman–Crippen LogP) is 2.12. The van der Waals surface area contributed by atoms with Gasteiger partial charge < -0.3 is 29.1 Å². The van der Waals surface area contributed by atoms with E-state index in [1.807, 2.05) is 30.3 Å². The zero-order valence-electron chi connectivity index (χ0n) is 25.0. The molecule has 0 bridgehead atoms. The van der Waals surface area contributed by atoms with E-state index < -0.39 is 24.1 Å². The summed E-state index contributed by atoms with van der Waals surface area (Å²) < 4.78 is 14.7. The first-order chi connectivity index (χ1) is 19.9. The summed E-state index contributed by atoms with van der Waals surface area (Å²) in [7, 11) is 0. The molecule has 1 aromatic carbocycles. The smallest absolute Gasteiger partial charge is 0.410 e. The Balaban J connectivity index is 0.000000616. The molecule has 3 atom stereocenters. The first-order valence-electron chi connectivity index (χ1n) is 14.4. The summed E-state index contributed by atoms with van der Waals surface area (Å²) in [4.78, 5) is 62.5. The van der Waals surface area contributed by atoms with Gasteiger partial charge in [-0.15, -0.1) is 0 Å². The van der Waals surface area contributed by atoms with Gasteiger partial charge in [0.25, 0.3) is 0 Å². The number of esters is 3. The average molecular weight is 590 g/mol. The molecule has 4 rings (SSSR count). The molecule has 0 radical (unpaired) electrons. The second-order valence-electron chi connectivity index (χ2n) is 11.2. The largest absolute Gasteiger partial charge is 0.464 e. The lowest BCUT2D eigenvalue weighted by atomic mass is 9.90. The van der Waals surface area contributed by atoms with Crippen LogP contribution >= 0.6 is 0 Å². The molecule has 2 saturated heterocycles. The van der Waals surface area contributed by atoms with Crippen molar-refractivity contribution in [1.29, 1.82) is 0 Å². The van der Waals surface area contributed by atoms with Gasteiger partial charge in [0.1, 0.15) is 19.3 Å². The lowest BCUT2D eigenvalue weighted by Gasteiger charge is -2.43. The highest BCUT2D eigenvalue weighted by Crippen LogP contribution is 2.53. The molecule has 1 saturated carbocycles. The zero-order valence-corrected chi connectivity index (χ0v) is 25.0. The van der Waals surface area contributed by atoms with Crippen LogP contribution in [0.1, 0.15) is 58.9 Å². The van der Waals surface area contributed by atoms with Crippen molar-refractivity contribution in [3.8, 4) is 0 Å². The monoisotopic (exact) mass is 589 g/mol. The number of carbonyl (C=O) groups is 5. The van der Waals surface area contributed by atoms with Crippen molar-refractivity contribution < 1.29 is 43.3 Å². The number of rotatable bonds is 8. The molecule has 3 aliphatic rings. The number of likely N-dealkylation sites (tertiary alicyclic amines) is 1. The molecule has 12 nitrogen and oxygen atoms in total. The van der Waals surface area contributed by atoms with Gasteiger partial charge in [0.15, 0.2) is 0 Å². The van der Waals surface area contributed by atoms with E-state index in [1.54, 1.807) is 11.8 Å². The minimum Gasteiger partial charge on any atom is -0.464 e. The van der Waals surface area contributed by atoms with Crippen LogP contribution in [0.2, 0.25) is 0 Å². The molecule has 12 heteroatoms. The fraction of sp³-hybridized carbons (Fsp3) is 0.633. The summed E-state index contributed by atoms with van der Waals surface area (Å²) in [6.45, 7) is 8.68. The maximum atomic E-state index is 13.3. The number of ether oxygens (including phenoxy) is 3. The van der Waals surface area contributed by atoms with E-state index in [0.717, 1.165) is 31.4 Å². The number of aliphatic hydroxyl groups excluding tert-OH is 1. The molecule has 2 heterocycles. The van der Waals surface area contributed by atoms with Crippen LogP contribution in [0.5, 0.6) is 0 Å². The summed E-state index contributed by atoms with van der Waals surface area (Å²) in [6.07, 6.45) is 3.05. The van der Waals surface area contributed by atoms with Gasteiger partial charge in [-0.05, 0) is 50.1 Å². The van der Waals surface area contributed by atoms with Gasteiger partial charge in [0, 0.05) is 47.0 Å². The van der Waals surface area contributed by atoms with Crippen molar-refractivity contribution in [2.24, 2.45) is 5.41 Å². The van der Waals surface area contributed by atoms with E-state index in [4.69, 9.17) is 9.47 Å². The Bertz CT molecular complexity index is 1100. The molecule has 1 spiro atoms. The Morgan fingerprint density at radius 3 is 2.17 bits per heavy atom. The number of aliphatic hydroxyl groups is 1. The van der Waals surface area contributed by atoms with Crippen LogP contribution in [0.4, 0.5) is 4.79 Å². The SMILES string of the molecule is CC(=O)OC(C)=O.CC(=O)OC[C@H](CCN1CCC2(CC2)[C@H](O)C1)N1CCN(C(=O)OCc2ccccc2)[C@@H](C)C1=O. The topological polar surface area (TPSA) is 143 Å². The second-order valence-corrected chi connectivity index (χ2v) is 11.2.